The summed E-state index contributed by atoms with van der Waals surface area (Å²) in [6, 6.07) is 22.7. The van der Waals surface area contributed by atoms with Gasteiger partial charge in [0.15, 0.2) is 0 Å². The number of carbonyl (C=O) groups is 2. The van der Waals surface area contributed by atoms with E-state index in [2.05, 4.69) is 20.8 Å². The van der Waals surface area contributed by atoms with Gasteiger partial charge in [-0.25, -0.2) is 0 Å². The Kier molecular flexibility index (Phi) is 6.40. The maximum absolute atomic E-state index is 13.4. The summed E-state index contributed by atoms with van der Waals surface area (Å²) in [4.78, 5) is 28.3. The number of fused-ring (bicyclic) bond motifs is 1. The number of benzene rings is 3. The Morgan fingerprint density at radius 3 is 2.38 bits per heavy atom. The van der Waals surface area contributed by atoms with Gasteiger partial charge in [0.2, 0.25) is 0 Å². The van der Waals surface area contributed by atoms with Crippen molar-refractivity contribution in [2.24, 2.45) is 0 Å². The minimum atomic E-state index is -0.666. The van der Waals surface area contributed by atoms with E-state index in [-0.39, 0.29) is 22.9 Å². The number of rotatable bonds is 5. The van der Waals surface area contributed by atoms with E-state index in [1.807, 2.05) is 73.7 Å². The van der Waals surface area contributed by atoms with Crippen LogP contribution in [0, 0.1) is 0 Å². The molecule has 190 valence electrons. The number of likely N-dealkylation sites (tertiary alicyclic amines) is 1. The highest BCUT2D eigenvalue weighted by Gasteiger charge is 2.46. The van der Waals surface area contributed by atoms with Gasteiger partial charge >= 0.3 is 0 Å². The zero-order valence-corrected chi connectivity index (χ0v) is 21.8. The average Bonchev–Trinajstić information content (AvgIpc) is 3.37. The van der Waals surface area contributed by atoms with E-state index >= 15 is 0 Å². The molecule has 1 amide bonds. The Bertz CT molecular complexity index is 1370. The number of nitrogens with zero attached hydrogens (tertiary/aromatic N) is 1. The summed E-state index contributed by atoms with van der Waals surface area (Å²) in [5, 5.41) is 11.5. The molecule has 3 aromatic rings. The molecular weight excluding hydrogens is 462 g/mol. The second-order valence-electron chi connectivity index (χ2n) is 11.1. The van der Waals surface area contributed by atoms with E-state index in [4.69, 9.17) is 4.74 Å². The van der Waals surface area contributed by atoms with Crippen molar-refractivity contribution in [3.63, 3.8) is 0 Å². The van der Waals surface area contributed by atoms with Gasteiger partial charge in [-0.3, -0.25) is 9.59 Å². The maximum atomic E-state index is 13.4. The molecule has 0 spiro atoms. The first-order valence-electron chi connectivity index (χ1n) is 12.9. The molecule has 0 radical (unpaired) electrons. The molecule has 0 aliphatic carbocycles. The highest BCUT2D eigenvalue weighted by atomic mass is 16.5. The Hall–Kier alpha value is -3.86. The van der Waals surface area contributed by atoms with Gasteiger partial charge in [0, 0.05) is 18.5 Å². The lowest BCUT2D eigenvalue weighted by Gasteiger charge is -2.26. The Morgan fingerprint density at radius 2 is 1.70 bits per heavy atom. The van der Waals surface area contributed by atoms with Crippen molar-refractivity contribution in [1.82, 2.24) is 4.90 Å². The number of ketones is 1. The van der Waals surface area contributed by atoms with Crippen molar-refractivity contribution in [2.45, 2.75) is 58.1 Å². The molecule has 3 aromatic carbocycles. The lowest BCUT2D eigenvalue weighted by Crippen LogP contribution is -2.31. The van der Waals surface area contributed by atoms with Crippen LogP contribution in [0.4, 0.5) is 0 Å². The van der Waals surface area contributed by atoms with Crippen molar-refractivity contribution in [1.29, 1.82) is 0 Å². The molecule has 1 saturated heterocycles. The number of aliphatic hydroxyl groups excluding tert-OH is 1. The van der Waals surface area contributed by atoms with Crippen molar-refractivity contribution >= 4 is 17.4 Å². The molecule has 0 saturated carbocycles. The van der Waals surface area contributed by atoms with E-state index in [9.17, 15) is 14.7 Å². The second kappa shape index (κ2) is 9.55. The zero-order valence-electron chi connectivity index (χ0n) is 21.8. The fourth-order valence-electron chi connectivity index (χ4n) is 5.24. The van der Waals surface area contributed by atoms with E-state index in [0.717, 1.165) is 34.4 Å². The van der Waals surface area contributed by atoms with Gasteiger partial charge in [0.25, 0.3) is 11.7 Å². The van der Waals surface area contributed by atoms with Gasteiger partial charge in [-0.1, -0.05) is 75.4 Å². The number of Topliss-reactive ketones (excluding diaryl/α,β-unsaturated/α-hetero) is 1. The first-order valence-corrected chi connectivity index (χ1v) is 12.9. The third-order valence-corrected chi connectivity index (χ3v) is 7.29. The number of hydrogen-bond donors (Lipinski definition) is 1. The van der Waals surface area contributed by atoms with Gasteiger partial charge < -0.3 is 14.7 Å². The summed E-state index contributed by atoms with van der Waals surface area (Å²) in [6.07, 6.45) is 1.41. The Morgan fingerprint density at radius 1 is 1.00 bits per heavy atom. The van der Waals surface area contributed by atoms with Gasteiger partial charge in [-0.15, -0.1) is 0 Å². The van der Waals surface area contributed by atoms with E-state index < -0.39 is 17.7 Å². The molecule has 2 atom stereocenters. The predicted molar refractivity (Wildman–Crippen MR) is 145 cm³/mol. The van der Waals surface area contributed by atoms with Crippen LogP contribution in [0.1, 0.15) is 61.6 Å². The number of amides is 1. The van der Waals surface area contributed by atoms with Gasteiger partial charge in [0.1, 0.15) is 17.6 Å². The van der Waals surface area contributed by atoms with Crippen LogP contribution < -0.4 is 4.74 Å². The summed E-state index contributed by atoms with van der Waals surface area (Å²) in [5.41, 5.74) is 4.66. The number of ether oxygens (including phenoxy) is 1. The topological polar surface area (TPSA) is 66.8 Å². The third kappa shape index (κ3) is 4.78. The number of hydrogen-bond acceptors (Lipinski definition) is 4. The molecule has 2 aliphatic rings. The summed E-state index contributed by atoms with van der Waals surface area (Å²) >= 11 is 0. The van der Waals surface area contributed by atoms with Crippen molar-refractivity contribution < 1.29 is 19.4 Å². The number of aliphatic hydroxyl groups is 1. The van der Waals surface area contributed by atoms with Crippen molar-refractivity contribution in [3.05, 3.63) is 106 Å². The minimum absolute atomic E-state index is 0.0305. The Balaban J connectivity index is 1.58. The summed E-state index contributed by atoms with van der Waals surface area (Å²) in [6.45, 7) is 8.80. The Labute approximate surface area is 218 Å². The molecular formula is C32H33NO4. The maximum Gasteiger partial charge on any atom is 0.295 e. The standard InChI is InChI=1S/C32H33NO4/c1-20-18-24-19-23(12-15-26(24)37-20)29(34)27-28(22-10-13-25(14-11-22)32(2,3)4)33(31(36)30(27)35)17-16-21-8-6-5-7-9-21/h5-15,19-20,28,34H,16-18H2,1-4H3/b29-27+/t20-,28+/m0/s1. The van der Waals surface area contributed by atoms with Gasteiger partial charge in [0.05, 0.1) is 11.6 Å². The smallest absolute Gasteiger partial charge is 0.295 e. The van der Waals surface area contributed by atoms with E-state index in [1.165, 1.54) is 0 Å². The van der Waals surface area contributed by atoms with Crippen molar-refractivity contribution in [3.8, 4) is 5.75 Å². The lowest BCUT2D eigenvalue weighted by molar-refractivity contribution is -0.139. The predicted octanol–water partition coefficient (Wildman–Crippen LogP) is 5.97. The molecule has 37 heavy (non-hydrogen) atoms. The summed E-state index contributed by atoms with van der Waals surface area (Å²) in [5.74, 6) is -0.587. The van der Waals surface area contributed by atoms with Crippen molar-refractivity contribution in [2.75, 3.05) is 6.54 Å². The molecule has 0 unspecified atom stereocenters. The first-order chi connectivity index (χ1) is 17.6. The molecule has 5 nitrogen and oxygen atoms in total. The van der Waals surface area contributed by atoms with Crippen LogP contribution in [0.5, 0.6) is 5.75 Å². The van der Waals surface area contributed by atoms with Gasteiger partial charge in [-0.2, -0.15) is 0 Å². The highest BCUT2D eigenvalue weighted by molar-refractivity contribution is 6.46. The average molecular weight is 496 g/mol. The van der Waals surface area contributed by atoms with E-state index in [1.54, 1.807) is 11.0 Å². The van der Waals surface area contributed by atoms with Crippen LogP contribution >= 0.6 is 0 Å². The highest BCUT2D eigenvalue weighted by Crippen LogP contribution is 2.41. The van der Waals surface area contributed by atoms with Gasteiger partial charge in [-0.05, 0) is 59.2 Å². The summed E-state index contributed by atoms with van der Waals surface area (Å²) < 4.78 is 5.80. The molecule has 2 heterocycles. The quantitative estimate of drug-likeness (QED) is 0.269. The van der Waals surface area contributed by atoms with E-state index in [0.29, 0.717) is 18.5 Å². The minimum Gasteiger partial charge on any atom is -0.507 e. The second-order valence-corrected chi connectivity index (χ2v) is 11.1. The largest absolute Gasteiger partial charge is 0.507 e. The molecule has 1 N–H and O–H groups in total. The molecule has 2 aliphatic heterocycles. The van der Waals surface area contributed by atoms with Crippen LogP contribution in [-0.4, -0.2) is 34.3 Å². The molecule has 1 fully saturated rings. The first kappa shape index (κ1) is 24.8. The molecule has 5 heteroatoms. The molecule has 0 bridgehead atoms. The van der Waals surface area contributed by atoms with Crippen LogP contribution in [-0.2, 0) is 27.8 Å². The van der Waals surface area contributed by atoms with Crippen LogP contribution in [0.3, 0.4) is 0 Å². The SMILES string of the molecule is C[C@H]1Cc2cc(/C(O)=C3\C(=O)C(=O)N(CCc4ccccc4)[C@@H]3c3ccc(C(C)(C)C)cc3)ccc2O1. The zero-order chi connectivity index (χ0) is 26.3. The fraction of sp³-hybridized carbons (Fsp3) is 0.312. The monoisotopic (exact) mass is 495 g/mol. The molecule has 5 rings (SSSR count). The fourth-order valence-corrected chi connectivity index (χ4v) is 5.24. The van der Waals surface area contributed by atoms with Crippen LogP contribution in [0.15, 0.2) is 78.4 Å². The lowest BCUT2D eigenvalue weighted by atomic mass is 9.85. The third-order valence-electron chi connectivity index (χ3n) is 7.29. The normalized spacial score (nSPS) is 20.7. The number of carbonyl (C=O) groups excluding carboxylic acids is 2. The molecule has 0 aromatic heterocycles. The van der Waals surface area contributed by atoms with Crippen LogP contribution in [0.2, 0.25) is 0 Å². The summed E-state index contributed by atoms with van der Waals surface area (Å²) in [7, 11) is 0. The van der Waals surface area contributed by atoms with Crippen LogP contribution in [0.25, 0.3) is 5.76 Å².